The lowest BCUT2D eigenvalue weighted by molar-refractivity contribution is -0.385. The maximum absolute atomic E-state index is 12.6. The molecule has 0 saturated heterocycles. The molecule has 2 aromatic carbocycles. The van der Waals surface area contributed by atoms with Gasteiger partial charge >= 0.3 is 5.97 Å². The summed E-state index contributed by atoms with van der Waals surface area (Å²) in [5, 5.41) is 25.7. The molecule has 1 aliphatic rings. The number of carboxylic acid groups (broad SMARTS) is 1. The molecule has 2 aromatic rings. The summed E-state index contributed by atoms with van der Waals surface area (Å²) in [6.07, 6.45) is -0.170. The van der Waals surface area contributed by atoms with E-state index in [-0.39, 0.29) is 18.5 Å². The zero-order valence-electron chi connectivity index (χ0n) is 15.6. The first kappa shape index (κ1) is 20.0. The third-order valence-corrected chi connectivity index (χ3v) is 4.61. The van der Waals surface area contributed by atoms with Crippen LogP contribution in [-0.4, -0.2) is 39.7 Å². The summed E-state index contributed by atoms with van der Waals surface area (Å²) >= 11 is 0. The topological polar surface area (TPSA) is 122 Å². The quantitative estimate of drug-likeness (QED) is 0.566. The van der Waals surface area contributed by atoms with Gasteiger partial charge in [0.25, 0.3) is 5.69 Å². The normalized spacial score (nSPS) is 15.7. The van der Waals surface area contributed by atoms with Crippen LogP contribution in [0.1, 0.15) is 36.4 Å². The summed E-state index contributed by atoms with van der Waals surface area (Å²) in [4.78, 5) is 34.1. The Morgan fingerprint density at radius 2 is 1.97 bits per heavy atom. The van der Waals surface area contributed by atoms with E-state index in [0.717, 1.165) is 5.56 Å². The summed E-state index contributed by atoms with van der Waals surface area (Å²) in [5.74, 6) is -0.854. The number of benzene rings is 2. The molecule has 9 nitrogen and oxygen atoms in total. The fourth-order valence-corrected chi connectivity index (χ4v) is 3.13. The van der Waals surface area contributed by atoms with Crippen LogP contribution in [0, 0.1) is 10.1 Å². The number of rotatable bonds is 7. The van der Waals surface area contributed by atoms with E-state index in [2.05, 4.69) is 5.10 Å². The van der Waals surface area contributed by atoms with Crippen molar-refractivity contribution in [1.29, 1.82) is 0 Å². The van der Waals surface area contributed by atoms with Crippen molar-refractivity contribution >= 4 is 23.3 Å². The molecular formula is C20H19N3O6. The highest BCUT2D eigenvalue weighted by Crippen LogP contribution is 2.35. The molecule has 0 saturated carbocycles. The third kappa shape index (κ3) is 4.57. The van der Waals surface area contributed by atoms with Crippen molar-refractivity contribution in [2.75, 3.05) is 7.11 Å². The number of methoxy groups -OCH3 is 1. The molecule has 0 bridgehead atoms. The summed E-state index contributed by atoms with van der Waals surface area (Å²) in [7, 11) is 1.56. The van der Waals surface area contributed by atoms with Gasteiger partial charge in [-0.2, -0.15) is 5.10 Å². The average molecular weight is 397 g/mol. The van der Waals surface area contributed by atoms with E-state index in [1.807, 2.05) is 12.1 Å². The van der Waals surface area contributed by atoms with Crippen LogP contribution in [0.5, 0.6) is 5.75 Å². The molecule has 1 N–H and O–H groups in total. The van der Waals surface area contributed by atoms with Crippen molar-refractivity contribution in [3.05, 3.63) is 69.8 Å². The third-order valence-electron chi connectivity index (χ3n) is 4.61. The summed E-state index contributed by atoms with van der Waals surface area (Å²) in [6.45, 7) is 0. The number of hydrazone groups is 1. The summed E-state index contributed by atoms with van der Waals surface area (Å²) < 4.78 is 5.15. The minimum Gasteiger partial charge on any atom is -0.497 e. The SMILES string of the molecule is COc1ccc(C2=NN(C(=O)CCC(=O)O)[C@H](c3cccc([N+](=O)[O-])c3)C2)cc1. The number of hydrogen-bond donors (Lipinski definition) is 1. The molecule has 0 unspecified atom stereocenters. The van der Waals surface area contributed by atoms with Gasteiger partial charge in [-0.05, 0) is 35.4 Å². The van der Waals surface area contributed by atoms with Crippen molar-refractivity contribution in [1.82, 2.24) is 5.01 Å². The van der Waals surface area contributed by atoms with E-state index in [9.17, 15) is 19.7 Å². The Morgan fingerprint density at radius 1 is 1.24 bits per heavy atom. The lowest BCUT2D eigenvalue weighted by Gasteiger charge is -2.21. The van der Waals surface area contributed by atoms with Gasteiger partial charge in [0, 0.05) is 25.0 Å². The fourth-order valence-electron chi connectivity index (χ4n) is 3.13. The molecule has 1 heterocycles. The molecule has 0 aliphatic carbocycles. The van der Waals surface area contributed by atoms with Gasteiger partial charge < -0.3 is 9.84 Å². The van der Waals surface area contributed by atoms with Gasteiger partial charge in [0.2, 0.25) is 5.91 Å². The number of nitro groups is 1. The van der Waals surface area contributed by atoms with E-state index < -0.39 is 22.8 Å². The fraction of sp³-hybridized carbons (Fsp3) is 0.250. The molecule has 0 spiro atoms. The second-order valence-electron chi connectivity index (χ2n) is 6.48. The monoisotopic (exact) mass is 397 g/mol. The molecule has 0 radical (unpaired) electrons. The first-order valence-electron chi connectivity index (χ1n) is 8.89. The number of nitrogens with zero attached hydrogens (tertiary/aromatic N) is 3. The van der Waals surface area contributed by atoms with E-state index in [1.54, 1.807) is 31.4 Å². The van der Waals surface area contributed by atoms with Crippen LogP contribution in [-0.2, 0) is 9.59 Å². The first-order chi connectivity index (χ1) is 13.9. The number of aliphatic carboxylic acids is 1. The Morgan fingerprint density at radius 3 is 2.59 bits per heavy atom. The van der Waals surface area contributed by atoms with Crippen LogP contribution in [0.2, 0.25) is 0 Å². The van der Waals surface area contributed by atoms with Crippen molar-refractivity contribution in [2.45, 2.75) is 25.3 Å². The molecule has 1 amide bonds. The van der Waals surface area contributed by atoms with Gasteiger partial charge in [-0.15, -0.1) is 0 Å². The van der Waals surface area contributed by atoms with Gasteiger partial charge in [0.1, 0.15) is 5.75 Å². The highest BCUT2D eigenvalue weighted by molar-refractivity contribution is 6.03. The number of hydrogen-bond acceptors (Lipinski definition) is 6. The first-order valence-corrected chi connectivity index (χ1v) is 8.89. The minimum absolute atomic E-state index is 0.0849. The van der Waals surface area contributed by atoms with Gasteiger partial charge in [0.05, 0.1) is 30.2 Å². The molecule has 9 heteroatoms. The Hall–Kier alpha value is -3.75. The Balaban J connectivity index is 1.93. The van der Waals surface area contributed by atoms with Crippen LogP contribution in [0.3, 0.4) is 0 Å². The zero-order valence-corrected chi connectivity index (χ0v) is 15.6. The van der Waals surface area contributed by atoms with E-state index in [0.29, 0.717) is 23.4 Å². The summed E-state index contributed by atoms with van der Waals surface area (Å²) in [6, 6.07) is 12.7. The number of carbonyl (C=O) groups excluding carboxylic acids is 1. The molecule has 0 aromatic heterocycles. The van der Waals surface area contributed by atoms with Gasteiger partial charge in [0.15, 0.2) is 0 Å². The minimum atomic E-state index is -1.08. The molecular weight excluding hydrogens is 378 g/mol. The maximum Gasteiger partial charge on any atom is 0.303 e. The smallest absolute Gasteiger partial charge is 0.303 e. The van der Waals surface area contributed by atoms with E-state index in [1.165, 1.54) is 17.1 Å². The molecule has 150 valence electrons. The van der Waals surface area contributed by atoms with Crippen LogP contribution < -0.4 is 4.74 Å². The van der Waals surface area contributed by atoms with Gasteiger partial charge in [-0.1, -0.05) is 12.1 Å². The molecule has 29 heavy (non-hydrogen) atoms. The van der Waals surface area contributed by atoms with E-state index in [4.69, 9.17) is 9.84 Å². The predicted molar refractivity (Wildman–Crippen MR) is 104 cm³/mol. The van der Waals surface area contributed by atoms with Crippen molar-refractivity contribution in [3.63, 3.8) is 0 Å². The maximum atomic E-state index is 12.6. The Bertz CT molecular complexity index is 970. The molecule has 1 atom stereocenters. The molecule has 0 fully saturated rings. The van der Waals surface area contributed by atoms with Crippen LogP contribution in [0.25, 0.3) is 0 Å². The second-order valence-corrected chi connectivity index (χ2v) is 6.48. The lowest BCUT2D eigenvalue weighted by atomic mass is 9.98. The number of carbonyl (C=O) groups is 2. The highest BCUT2D eigenvalue weighted by Gasteiger charge is 2.33. The standard InChI is InChI=1S/C20H19N3O6/c1-29-16-7-5-13(6-8-16)17-12-18(14-3-2-4-15(11-14)23(27)28)22(21-17)19(24)9-10-20(25)26/h2-8,11,18H,9-10,12H2,1H3,(H,25,26)/t18-/m0/s1. The van der Waals surface area contributed by atoms with Crippen molar-refractivity contribution in [2.24, 2.45) is 5.10 Å². The molecule has 3 rings (SSSR count). The van der Waals surface area contributed by atoms with Gasteiger partial charge in [-0.3, -0.25) is 19.7 Å². The number of carboxylic acids is 1. The van der Waals surface area contributed by atoms with Gasteiger partial charge in [-0.25, -0.2) is 5.01 Å². The Kier molecular flexibility index (Phi) is 5.87. The number of ether oxygens (including phenoxy) is 1. The average Bonchev–Trinajstić information content (AvgIpc) is 3.17. The highest BCUT2D eigenvalue weighted by atomic mass is 16.6. The van der Waals surface area contributed by atoms with Crippen LogP contribution in [0.4, 0.5) is 5.69 Å². The van der Waals surface area contributed by atoms with Crippen molar-refractivity contribution < 1.29 is 24.4 Å². The van der Waals surface area contributed by atoms with E-state index >= 15 is 0 Å². The van der Waals surface area contributed by atoms with Crippen LogP contribution >= 0.6 is 0 Å². The second kappa shape index (κ2) is 8.51. The lowest BCUT2D eigenvalue weighted by Crippen LogP contribution is -2.27. The predicted octanol–water partition coefficient (Wildman–Crippen LogP) is 3.15. The Labute approximate surface area is 166 Å². The largest absolute Gasteiger partial charge is 0.497 e. The number of nitro benzene ring substituents is 1. The van der Waals surface area contributed by atoms with Crippen LogP contribution in [0.15, 0.2) is 53.6 Å². The number of non-ortho nitro benzene ring substituents is 1. The number of amides is 1. The summed E-state index contributed by atoms with van der Waals surface area (Å²) in [5.41, 5.74) is 1.90. The molecule has 1 aliphatic heterocycles. The van der Waals surface area contributed by atoms with Crippen molar-refractivity contribution in [3.8, 4) is 5.75 Å². The zero-order chi connectivity index (χ0) is 21.0.